The van der Waals surface area contributed by atoms with E-state index >= 15 is 0 Å². The van der Waals surface area contributed by atoms with E-state index < -0.39 is 18.6 Å². The van der Waals surface area contributed by atoms with Crippen LogP contribution in [0.4, 0.5) is 13.2 Å². The van der Waals surface area contributed by atoms with Crippen LogP contribution in [0, 0.1) is 5.92 Å². The Morgan fingerprint density at radius 1 is 1.33 bits per heavy atom. The molecule has 2 N–H and O–H groups in total. The van der Waals surface area contributed by atoms with Crippen molar-refractivity contribution in [1.29, 1.82) is 0 Å². The van der Waals surface area contributed by atoms with Crippen molar-refractivity contribution in [3.8, 4) is 0 Å². The van der Waals surface area contributed by atoms with Gasteiger partial charge in [0.25, 0.3) is 0 Å². The lowest BCUT2D eigenvalue weighted by Gasteiger charge is -2.21. The van der Waals surface area contributed by atoms with Crippen LogP contribution >= 0.6 is 0 Å². The molecule has 106 valence electrons. The zero-order chi connectivity index (χ0) is 14.3. The normalized spacial score (nSPS) is 13.0. The Bertz CT molecular complexity index is 295. The molecule has 0 fully saturated rings. The number of rotatable bonds is 6. The summed E-state index contributed by atoms with van der Waals surface area (Å²) in [7, 11) is 3.06. The molecule has 0 saturated heterocycles. The van der Waals surface area contributed by atoms with E-state index in [1.54, 1.807) is 19.3 Å². The number of hydrogen-bond acceptors (Lipinski definition) is 3. The molecule has 0 aromatic heterocycles. The molecule has 0 saturated carbocycles. The lowest BCUT2D eigenvalue weighted by atomic mass is 10.1. The average molecular weight is 269 g/mol. The van der Waals surface area contributed by atoms with Crippen molar-refractivity contribution in [3.63, 3.8) is 0 Å². The standard InChI is InChI=1S/C10H18F3N3O2/c1-7(4-14-2)9(18)16(3)5-8(17)15-6-10(11,12)13/h7,14H,4-6H2,1-3H3,(H,15,17). The minimum absolute atomic E-state index is 0.300. The maximum Gasteiger partial charge on any atom is 0.405 e. The number of carbonyl (C=O) groups is 2. The van der Waals surface area contributed by atoms with Gasteiger partial charge in [0.2, 0.25) is 11.8 Å². The molecule has 0 heterocycles. The quantitative estimate of drug-likeness (QED) is 0.712. The monoisotopic (exact) mass is 269 g/mol. The summed E-state index contributed by atoms with van der Waals surface area (Å²) in [6.07, 6.45) is -4.45. The van der Waals surface area contributed by atoms with Gasteiger partial charge in [-0.3, -0.25) is 9.59 Å². The summed E-state index contributed by atoms with van der Waals surface area (Å²) in [5.41, 5.74) is 0. The molecule has 18 heavy (non-hydrogen) atoms. The highest BCUT2D eigenvalue weighted by molar-refractivity contribution is 5.85. The minimum Gasteiger partial charge on any atom is -0.345 e. The van der Waals surface area contributed by atoms with Crippen LogP contribution in [-0.4, -0.2) is 56.6 Å². The summed E-state index contributed by atoms with van der Waals surface area (Å²) < 4.78 is 35.5. The van der Waals surface area contributed by atoms with E-state index in [0.29, 0.717) is 6.54 Å². The number of amides is 2. The number of hydrogen-bond donors (Lipinski definition) is 2. The van der Waals surface area contributed by atoms with Crippen LogP contribution in [-0.2, 0) is 9.59 Å². The topological polar surface area (TPSA) is 61.4 Å². The molecule has 8 heteroatoms. The van der Waals surface area contributed by atoms with Crippen LogP contribution in [0.2, 0.25) is 0 Å². The summed E-state index contributed by atoms with van der Waals surface area (Å²) in [4.78, 5) is 23.9. The first kappa shape index (κ1) is 16.7. The number of alkyl halides is 3. The summed E-state index contributed by atoms with van der Waals surface area (Å²) in [6.45, 7) is 0.333. The molecule has 5 nitrogen and oxygen atoms in total. The number of carbonyl (C=O) groups excluding carboxylic acids is 2. The second-order valence-electron chi connectivity index (χ2n) is 4.04. The van der Waals surface area contributed by atoms with Crippen LogP contribution < -0.4 is 10.6 Å². The van der Waals surface area contributed by atoms with Gasteiger partial charge in [0.05, 0.1) is 6.54 Å². The molecule has 1 atom stereocenters. The Hall–Kier alpha value is -1.31. The van der Waals surface area contributed by atoms with Gasteiger partial charge in [0.15, 0.2) is 0 Å². The van der Waals surface area contributed by atoms with Gasteiger partial charge in [0, 0.05) is 19.5 Å². The fourth-order valence-corrected chi connectivity index (χ4v) is 1.32. The van der Waals surface area contributed by atoms with Crippen molar-refractivity contribution in [3.05, 3.63) is 0 Å². The number of halogens is 3. The molecule has 2 amide bonds. The predicted octanol–water partition coefficient (Wildman–Crippen LogP) is -0.0212. The highest BCUT2D eigenvalue weighted by atomic mass is 19.4. The lowest BCUT2D eigenvalue weighted by molar-refractivity contribution is -0.142. The van der Waals surface area contributed by atoms with E-state index in [9.17, 15) is 22.8 Å². The predicted molar refractivity (Wildman–Crippen MR) is 59.8 cm³/mol. The van der Waals surface area contributed by atoms with Gasteiger partial charge in [-0.1, -0.05) is 6.92 Å². The zero-order valence-electron chi connectivity index (χ0n) is 10.6. The number of likely N-dealkylation sites (N-methyl/N-ethyl adjacent to an activating group) is 1. The maximum atomic E-state index is 11.8. The molecule has 0 aliphatic heterocycles. The van der Waals surface area contributed by atoms with E-state index in [2.05, 4.69) is 5.32 Å². The van der Waals surface area contributed by atoms with E-state index in [-0.39, 0.29) is 18.4 Å². The summed E-state index contributed by atoms with van der Waals surface area (Å²) in [5, 5.41) is 4.51. The third-order valence-electron chi connectivity index (χ3n) is 2.17. The maximum absolute atomic E-state index is 11.8. The third kappa shape index (κ3) is 7.10. The summed E-state index contributed by atoms with van der Waals surface area (Å²) in [6, 6.07) is 0. The molecule has 0 radical (unpaired) electrons. The van der Waals surface area contributed by atoms with E-state index in [0.717, 1.165) is 4.90 Å². The highest BCUT2D eigenvalue weighted by Crippen LogP contribution is 2.12. The molecule has 0 aliphatic carbocycles. The largest absolute Gasteiger partial charge is 0.405 e. The van der Waals surface area contributed by atoms with Crippen LogP contribution in [0.25, 0.3) is 0 Å². The highest BCUT2D eigenvalue weighted by Gasteiger charge is 2.28. The van der Waals surface area contributed by atoms with Gasteiger partial charge in [-0.05, 0) is 7.05 Å². The Labute approximate surface area is 104 Å². The van der Waals surface area contributed by atoms with Crippen molar-refractivity contribution in [2.75, 3.05) is 33.7 Å². The third-order valence-corrected chi connectivity index (χ3v) is 2.17. The number of nitrogens with one attached hydrogen (secondary N) is 2. The second-order valence-corrected chi connectivity index (χ2v) is 4.04. The van der Waals surface area contributed by atoms with Gasteiger partial charge in [0.1, 0.15) is 6.54 Å². The molecule has 0 aromatic rings. The first-order valence-corrected chi connectivity index (χ1v) is 5.40. The molecule has 0 aliphatic rings. The van der Waals surface area contributed by atoms with Crippen LogP contribution in [0.3, 0.4) is 0 Å². The Morgan fingerprint density at radius 2 is 1.89 bits per heavy atom. The van der Waals surface area contributed by atoms with Gasteiger partial charge in [-0.2, -0.15) is 13.2 Å². The Morgan fingerprint density at radius 3 is 2.33 bits per heavy atom. The molecule has 0 spiro atoms. The van der Waals surface area contributed by atoms with Crippen molar-refractivity contribution >= 4 is 11.8 Å². The van der Waals surface area contributed by atoms with Crippen LogP contribution in [0.15, 0.2) is 0 Å². The van der Waals surface area contributed by atoms with Crippen molar-refractivity contribution in [2.24, 2.45) is 5.92 Å². The van der Waals surface area contributed by atoms with Gasteiger partial charge in [-0.25, -0.2) is 0 Å². The minimum atomic E-state index is -4.45. The fraction of sp³-hybridized carbons (Fsp3) is 0.800. The van der Waals surface area contributed by atoms with E-state index in [1.807, 2.05) is 0 Å². The average Bonchev–Trinajstić information content (AvgIpc) is 2.24. The molecular formula is C10H18F3N3O2. The van der Waals surface area contributed by atoms with E-state index in [1.165, 1.54) is 7.05 Å². The molecule has 0 aromatic carbocycles. The smallest absolute Gasteiger partial charge is 0.345 e. The molecular weight excluding hydrogens is 251 g/mol. The van der Waals surface area contributed by atoms with Crippen molar-refractivity contribution < 1.29 is 22.8 Å². The first-order chi connectivity index (χ1) is 8.17. The first-order valence-electron chi connectivity index (χ1n) is 5.40. The lowest BCUT2D eigenvalue weighted by Crippen LogP contribution is -2.44. The van der Waals surface area contributed by atoms with Crippen molar-refractivity contribution in [2.45, 2.75) is 13.1 Å². The second kappa shape index (κ2) is 7.20. The van der Waals surface area contributed by atoms with Crippen LogP contribution in [0.5, 0.6) is 0 Å². The Kier molecular flexibility index (Phi) is 6.67. The fourth-order valence-electron chi connectivity index (χ4n) is 1.32. The zero-order valence-corrected chi connectivity index (χ0v) is 10.6. The Balaban J connectivity index is 4.11. The SMILES string of the molecule is CNCC(C)C(=O)N(C)CC(=O)NCC(F)(F)F. The molecule has 0 bridgehead atoms. The molecule has 0 rings (SSSR count). The van der Waals surface area contributed by atoms with Crippen LogP contribution in [0.1, 0.15) is 6.92 Å². The van der Waals surface area contributed by atoms with Gasteiger partial charge < -0.3 is 15.5 Å². The summed E-state index contributed by atoms with van der Waals surface area (Å²) >= 11 is 0. The van der Waals surface area contributed by atoms with E-state index in [4.69, 9.17) is 0 Å². The molecule has 1 unspecified atom stereocenters. The van der Waals surface area contributed by atoms with Gasteiger partial charge >= 0.3 is 6.18 Å². The van der Waals surface area contributed by atoms with Gasteiger partial charge in [-0.15, -0.1) is 0 Å². The number of nitrogens with zero attached hydrogens (tertiary/aromatic N) is 1. The summed E-state index contributed by atoms with van der Waals surface area (Å²) in [5.74, 6) is -1.47. The van der Waals surface area contributed by atoms with Crippen molar-refractivity contribution in [1.82, 2.24) is 15.5 Å².